The summed E-state index contributed by atoms with van der Waals surface area (Å²) in [6.07, 6.45) is 3.44. The summed E-state index contributed by atoms with van der Waals surface area (Å²) >= 11 is 1.46. The van der Waals surface area contributed by atoms with Gasteiger partial charge >= 0.3 is 0 Å². The van der Waals surface area contributed by atoms with Gasteiger partial charge in [-0.05, 0) is 12.5 Å². The van der Waals surface area contributed by atoms with Crippen molar-refractivity contribution in [3.63, 3.8) is 0 Å². The van der Waals surface area contributed by atoms with Crippen LogP contribution in [0.2, 0.25) is 0 Å². The van der Waals surface area contributed by atoms with Crippen LogP contribution in [-0.4, -0.2) is 26.6 Å². The third kappa shape index (κ3) is 4.23. The number of fused-ring (bicyclic) bond motifs is 1. The minimum Gasteiger partial charge on any atom is -0.289 e. The first kappa shape index (κ1) is 18.4. The molecule has 0 fully saturated rings. The Balaban J connectivity index is 1.68. The average molecular weight is 385 g/mol. The maximum Gasteiger partial charge on any atom is 0.270 e. The Hall–Kier alpha value is -3.40. The second kappa shape index (κ2) is 7.87. The fourth-order valence-electron chi connectivity index (χ4n) is 2.38. The number of nitro benzene ring substituents is 1. The normalized spacial score (nSPS) is 11.1. The Morgan fingerprint density at radius 2 is 2.26 bits per heavy atom. The van der Waals surface area contributed by atoms with E-state index in [-0.39, 0.29) is 17.8 Å². The number of aromatic nitrogens is 2. The first-order chi connectivity index (χ1) is 13.0. The molecule has 138 valence electrons. The molecule has 9 nitrogen and oxygen atoms in total. The lowest BCUT2D eigenvalue weighted by Gasteiger charge is -2.03. The monoisotopic (exact) mass is 385 g/mol. The van der Waals surface area contributed by atoms with Gasteiger partial charge in [-0.2, -0.15) is 5.10 Å². The van der Waals surface area contributed by atoms with Gasteiger partial charge in [-0.25, -0.2) is 10.4 Å². The first-order valence-corrected chi connectivity index (χ1v) is 8.83. The summed E-state index contributed by atoms with van der Waals surface area (Å²) in [5.74, 6) is -0.508. The zero-order chi connectivity index (χ0) is 19.4. The zero-order valence-corrected chi connectivity index (χ0v) is 15.1. The van der Waals surface area contributed by atoms with Crippen molar-refractivity contribution in [1.82, 2.24) is 15.0 Å². The minimum absolute atomic E-state index is 0.0709. The molecule has 0 spiro atoms. The molecule has 0 aliphatic heterocycles. The molecular weight excluding hydrogens is 370 g/mol. The molecule has 10 heteroatoms. The number of nitrogens with zero attached hydrogens (tertiary/aromatic N) is 4. The molecule has 0 saturated carbocycles. The molecule has 1 N–H and O–H groups in total. The van der Waals surface area contributed by atoms with E-state index in [0.717, 1.165) is 11.3 Å². The van der Waals surface area contributed by atoms with Gasteiger partial charge in [0.2, 0.25) is 0 Å². The Bertz CT molecular complexity index is 1100. The van der Waals surface area contributed by atoms with E-state index in [1.54, 1.807) is 12.1 Å². The predicted octanol–water partition coefficient (Wildman–Crippen LogP) is 2.08. The van der Waals surface area contributed by atoms with Gasteiger partial charge in [0.1, 0.15) is 11.4 Å². The molecule has 2 heterocycles. The van der Waals surface area contributed by atoms with E-state index in [1.165, 1.54) is 46.6 Å². The number of nitro groups is 1. The van der Waals surface area contributed by atoms with Crippen molar-refractivity contribution in [1.29, 1.82) is 0 Å². The minimum atomic E-state index is -0.514. The highest BCUT2D eigenvalue weighted by Gasteiger charge is 2.10. The second-order valence-corrected chi connectivity index (χ2v) is 6.72. The maximum absolute atomic E-state index is 12.4. The number of aryl methyl sites for hydroxylation is 1. The Morgan fingerprint density at radius 1 is 1.44 bits per heavy atom. The van der Waals surface area contributed by atoms with Crippen LogP contribution in [-0.2, 0) is 17.8 Å². The van der Waals surface area contributed by atoms with Crippen LogP contribution in [0, 0.1) is 10.1 Å². The van der Waals surface area contributed by atoms with Gasteiger partial charge in [-0.1, -0.05) is 19.1 Å². The van der Waals surface area contributed by atoms with Crippen LogP contribution in [0.5, 0.6) is 0 Å². The summed E-state index contributed by atoms with van der Waals surface area (Å²) in [7, 11) is 0. The highest BCUT2D eigenvalue weighted by molar-refractivity contribution is 7.18. The number of hydrazone groups is 1. The second-order valence-electron chi connectivity index (χ2n) is 5.61. The first-order valence-electron chi connectivity index (χ1n) is 8.02. The van der Waals surface area contributed by atoms with E-state index in [2.05, 4.69) is 15.5 Å². The molecule has 1 aromatic carbocycles. The van der Waals surface area contributed by atoms with E-state index < -0.39 is 10.8 Å². The predicted molar refractivity (Wildman–Crippen MR) is 102 cm³/mol. The van der Waals surface area contributed by atoms with Gasteiger partial charge in [-0.3, -0.25) is 24.3 Å². The number of amides is 1. The van der Waals surface area contributed by atoms with Gasteiger partial charge in [-0.15, -0.1) is 11.3 Å². The van der Waals surface area contributed by atoms with E-state index >= 15 is 0 Å². The summed E-state index contributed by atoms with van der Waals surface area (Å²) in [6, 6.07) is 7.63. The lowest BCUT2D eigenvalue weighted by atomic mass is 10.2. The van der Waals surface area contributed by atoms with Gasteiger partial charge in [0.25, 0.3) is 17.2 Å². The van der Waals surface area contributed by atoms with E-state index in [0.29, 0.717) is 15.8 Å². The number of rotatable bonds is 6. The molecule has 0 unspecified atom stereocenters. The summed E-state index contributed by atoms with van der Waals surface area (Å²) in [4.78, 5) is 40.6. The highest BCUT2D eigenvalue weighted by Crippen LogP contribution is 2.20. The number of hydrogen-bond acceptors (Lipinski definition) is 7. The lowest BCUT2D eigenvalue weighted by Crippen LogP contribution is -2.29. The van der Waals surface area contributed by atoms with Crippen molar-refractivity contribution in [3.8, 4) is 0 Å². The van der Waals surface area contributed by atoms with Gasteiger partial charge in [0.15, 0.2) is 0 Å². The quantitative estimate of drug-likeness (QED) is 0.396. The number of thiophene rings is 1. The van der Waals surface area contributed by atoms with Gasteiger partial charge < -0.3 is 0 Å². The number of carbonyl (C=O) groups excluding carboxylic acids is 1. The maximum atomic E-state index is 12.4. The van der Waals surface area contributed by atoms with Crippen molar-refractivity contribution in [2.24, 2.45) is 5.10 Å². The largest absolute Gasteiger partial charge is 0.289 e. The molecule has 2 aromatic heterocycles. The fraction of sp³-hybridized carbons (Fsp3) is 0.176. The SMILES string of the molecule is CCc1cc2c(=O)n(CC(=O)N/N=C\c3cccc([N+](=O)[O-])c3)cnc2s1. The van der Waals surface area contributed by atoms with Crippen LogP contribution in [0.4, 0.5) is 5.69 Å². The summed E-state index contributed by atoms with van der Waals surface area (Å²) in [5.41, 5.74) is 2.41. The van der Waals surface area contributed by atoms with E-state index in [4.69, 9.17) is 0 Å². The molecule has 0 bridgehead atoms. The van der Waals surface area contributed by atoms with Crippen LogP contribution in [0.1, 0.15) is 17.4 Å². The standard InChI is InChI=1S/C17H15N5O4S/c1-2-13-7-14-16(27-13)18-10-21(17(14)24)9-15(23)20-19-8-11-4-3-5-12(6-11)22(25)26/h3-8,10H,2,9H2,1H3,(H,20,23)/b19-8-. The number of benzene rings is 1. The molecule has 0 radical (unpaired) electrons. The van der Waals surface area contributed by atoms with Gasteiger partial charge in [0.05, 0.1) is 22.9 Å². The molecular formula is C17H15N5O4S. The molecule has 0 saturated heterocycles. The van der Waals surface area contributed by atoms with E-state index in [9.17, 15) is 19.7 Å². The Kier molecular flexibility index (Phi) is 5.36. The summed E-state index contributed by atoms with van der Waals surface area (Å²) in [6.45, 7) is 1.77. The van der Waals surface area contributed by atoms with Crippen LogP contribution in [0.15, 0.2) is 46.6 Å². The number of carbonyl (C=O) groups is 1. The van der Waals surface area contributed by atoms with Gasteiger partial charge in [0, 0.05) is 22.6 Å². The number of non-ortho nitro benzene ring substituents is 1. The van der Waals surface area contributed by atoms with Crippen molar-refractivity contribution >= 4 is 39.4 Å². The molecule has 0 atom stereocenters. The average Bonchev–Trinajstić information content (AvgIpc) is 3.08. The molecule has 0 aliphatic rings. The van der Waals surface area contributed by atoms with Crippen LogP contribution < -0.4 is 11.0 Å². The van der Waals surface area contributed by atoms with Crippen molar-refractivity contribution in [2.75, 3.05) is 0 Å². The fourth-order valence-corrected chi connectivity index (χ4v) is 3.31. The van der Waals surface area contributed by atoms with Crippen LogP contribution >= 0.6 is 11.3 Å². The molecule has 0 aliphatic carbocycles. The lowest BCUT2D eigenvalue weighted by molar-refractivity contribution is -0.384. The van der Waals surface area contributed by atoms with Crippen molar-refractivity contribution in [3.05, 3.63) is 67.6 Å². The number of nitrogens with one attached hydrogen (secondary N) is 1. The molecule has 3 aromatic rings. The topological polar surface area (TPSA) is 119 Å². The van der Waals surface area contributed by atoms with E-state index in [1.807, 2.05) is 6.92 Å². The molecule has 1 amide bonds. The Morgan fingerprint density at radius 3 is 3.00 bits per heavy atom. The van der Waals surface area contributed by atoms with Crippen molar-refractivity contribution in [2.45, 2.75) is 19.9 Å². The third-order valence-electron chi connectivity index (χ3n) is 3.72. The summed E-state index contributed by atoms with van der Waals surface area (Å²) in [5, 5.41) is 15.0. The molecule has 27 heavy (non-hydrogen) atoms. The summed E-state index contributed by atoms with van der Waals surface area (Å²) < 4.78 is 1.21. The van der Waals surface area contributed by atoms with Crippen molar-refractivity contribution < 1.29 is 9.72 Å². The van der Waals surface area contributed by atoms with Crippen LogP contribution in [0.3, 0.4) is 0 Å². The molecule has 3 rings (SSSR count). The van der Waals surface area contributed by atoms with Crippen LogP contribution in [0.25, 0.3) is 10.2 Å². The Labute approximate surface area is 157 Å². The zero-order valence-electron chi connectivity index (χ0n) is 14.3. The third-order valence-corrected chi connectivity index (χ3v) is 4.90. The smallest absolute Gasteiger partial charge is 0.270 e. The number of hydrogen-bond donors (Lipinski definition) is 1. The highest BCUT2D eigenvalue weighted by atomic mass is 32.1.